The van der Waals surface area contributed by atoms with Crippen molar-refractivity contribution in [2.24, 2.45) is 0 Å². The van der Waals surface area contributed by atoms with Gasteiger partial charge in [0.25, 0.3) is 0 Å². The van der Waals surface area contributed by atoms with Crippen molar-refractivity contribution in [1.29, 1.82) is 5.26 Å². The summed E-state index contributed by atoms with van der Waals surface area (Å²) in [5, 5.41) is 16.9. The Morgan fingerprint density at radius 3 is 1.32 bits per heavy atom. The Hall–Kier alpha value is -9.24. The van der Waals surface area contributed by atoms with Gasteiger partial charge in [0.2, 0.25) is 5.89 Å². The molecule has 3 heterocycles. The van der Waals surface area contributed by atoms with Crippen LogP contribution in [-0.4, -0.2) is 14.1 Å². The van der Waals surface area contributed by atoms with Gasteiger partial charge in [0.05, 0.1) is 33.2 Å². The van der Waals surface area contributed by atoms with Crippen molar-refractivity contribution in [2.75, 3.05) is 0 Å². The molecular weight excluding hydrogens is 889 g/mol. The van der Waals surface area contributed by atoms with Crippen LogP contribution in [-0.2, 0) is 0 Å². The molecule has 13 rings (SSSR count). The van der Waals surface area contributed by atoms with Crippen LogP contribution in [0.15, 0.2) is 199 Å². The molecule has 0 aliphatic heterocycles. The molecule has 0 fully saturated rings. The number of nitriles is 1. The van der Waals surface area contributed by atoms with Gasteiger partial charge in [-0.15, -0.1) is 0 Å². The zero-order valence-corrected chi connectivity index (χ0v) is 41.7. The Bertz CT molecular complexity index is 4370. The fourth-order valence-corrected chi connectivity index (χ4v) is 11.8. The average molecular weight is 939 g/mol. The smallest absolute Gasteiger partial charge is 0.229 e. The first-order chi connectivity index (χ1) is 35.7. The lowest BCUT2D eigenvalue weighted by Gasteiger charge is -2.27. The first kappa shape index (κ1) is 43.8. The molecule has 0 atom stereocenters. The summed E-state index contributed by atoms with van der Waals surface area (Å²) in [6, 6.07) is 72.4. The molecule has 0 N–H and O–H groups in total. The second kappa shape index (κ2) is 17.0. The molecule has 0 radical (unpaired) electrons. The zero-order chi connectivity index (χ0) is 49.6. The second-order valence-corrected chi connectivity index (χ2v) is 19.7. The molecule has 0 spiro atoms. The summed E-state index contributed by atoms with van der Waals surface area (Å²) < 4.78 is 11.6. The quantitative estimate of drug-likeness (QED) is 0.160. The SMILES string of the molecule is Cc1ccc2c(c1)c1ccccc1n2-c1ccc(-c2c(-c3c(C)cccc3C)c(C#N)c(-c3nc4ccccc4o3)c(-c3c(C)cccc3C)c2-c2ccc(-n3c4ccccc4c4cc(C)ccc43)cc2)cc1. The lowest BCUT2D eigenvalue weighted by molar-refractivity contribution is 0.620. The maximum absolute atomic E-state index is 12.0. The van der Waals surface area contributed by atoms with E-state index >= 15 is 0 Å². The largest absolute Gasteiger partial charge is 0.436 e. The van der Waals surface area contributed by atoms with Crippen molar-refractivity contribution in [3.63, 3.8) is 0 Å². The van der Waals surface area contributed by atoms with Gasteiger partial charge < -0.3 is 13.6 Å². The standard InChI is InChI=1S/C68H50N4O/c1-40-25-35-58-52(37-40)50-19-7-10-22-56(50)71(58)48-31-27-46(28-32-48)63-64(47-29-33-49(34-30-47)72-57-23-11-8-20-51(57)53-38-41(2)26-36-59(53)72)67(62-44(5)17-14-18-45(62)6)66(68-70-55-21-9-12-24-60(55)73-68)54(39-69)65(63)61-42(3)15-13-16-43(61)4/h7-38H,1-6H3. The third-order valence-electron chi connectivity index (χ3n) is 15.1. The Morgan fingerprint density at radius 2 is 0.822 bits per heavy atom. The molecule has 0 unspecified atom stereocenters. The minimum Gasteiger partial charge on any atom is -0.436 e. The van der Waals surface area contributed by atoms with Crippen molar-refractivity contribution in [3.8, 4) is 73.4 Å². The van der Waals surface area contributed by atoms with E-state index in [9.17, 15) is 5.26 Å². The Morgan fingerprint density at radius 1 is 0.384 bits per heavy atom. The highest BCUT2D eigenvalue weighted by molar-refractivity contribution is 6.13. The van der Waals surface area contributed by atoms with E-state index in [-0.39, 0.29) is 0 Å². The highest BCUT2D eigenvalue weighted by Gasteiger charge is 2.33. The molecule has 73 heavy (non-hydrogen) atoms. The topological polar surface area (TPSA) is 59.7 Å². The molecule has 5 heteroatoms. The Labute approximate surface area is 424 Å². The summed E-state index contributed by atoms with van der Waals surface area (Å²) in [5.41, 5.74) is 23.8. The molecule has 3 aromatic heterocycles. The van der Waals surface area contributed by atoms with E-state index in [1.807, 2.05) is 24.3 Å². The van der Waals surface area contributed by atoms with Gasteiger partial charge in [0.15, 0.2) is 5.58 Å². The van der Waals surface area contributed by atoms with Gasteiger partial charge in [0.1, 0.15) is 11.6 Å². The van der Waals surface area contributed by atoms with Crippen molar-refractivity contribution in [1.82, 2.24) is 14.1 Å². The monoisotopic (exact) mass is 938 g/mol. The van der Waals surface area contributed by atoms with Crippen LogP contribution in [0.2, 0.25) is 0 Å². The molecule has 0 saturated heterocycles. The molecule has 0 aliphatic rings. The van der Waals surface area contributed by atoms with Crippen molar-refractivity contribution in [3.05, 3.63) is 233 Å². The van der Waals surface area contributed by atoms with Crippen LogP contribution in [0, 0.1) is 52.9 Å². The van der Waals surface area contributed by atoms with Crippen LogP contribution in [0.4, 0.5) is 0 Å². The van der Waals surface area contributed by atoms with Gasteiger partial charge in [0, 0.05) is 44.0 Å². The third-order valence-corrected chi connectivity index (χ3v) is 15.1. The van der Waals surface area contributed by atoms with E-state index in [4.69, 9.17) is 9.40 Å². The Kier molecular flexibility index (Phi) is 10.2. The summed E-state index contributed by atoms with van der Waals surface area (Å²) in [6.45, 7) is 13.0. The molecular formula is C68H50N4O. The number of rotatable bonds is 7. The minimum atomic E-state index is 0.407. The van der Waals surface area contributed by atoms with Crippen molar-refractivity contribution < 1.29 is 4.42 Å². The predicted octanol–water partition coefficient (Wildman–Crippen LogP) is 18.1. The van der Waals surface area contributed by atoms with Gasteiger partial charge in [-0.3, -0.25) is 0 Å². The minimum absolute atomic E-state index is 0.407. The lowest BCUT2D eigenvalue weighted by Crippen LogP contribution is -2.05. The van der Waals surface area contributed by atoms with E-state index in [0.29, 0.717) is 22.6 Å². The molecule has 348 valence electrons. The number of fused-ring (bicyclic) bond motifs is 7. The summed E-state index contributed by atoms with van der Waals surface area (Å²) >= 11 is 0. The summed E-state index contributed by atoms with van der Waals surface area (Å²) in [7, 11) is 0. The first-order valence-electron chi connectivity index (χ1n) is 25.0. The van der Waals surface area contributed by atoms with Crippen molar-refractivity contribution >= 4 is 54.7 Å². The summed E-state index contributed by atoms with van der Waals surface area (Å²) in [4.78, 5) is 5.24. The normalized spacial score (nSPS) is 11.7. The third kappa shape index (κ3) is 6.86. The number of aromatic nitrogens is 3. The number of nitrogens with zero attached hydrogens (tertiary/aromatic N) is 4. The molecule has 0 saturated carbocycles. The van der Waals surface area contributed by atoms with Gasteiger partial charge in [-0.05, 0) is 170 Å². The van der Waals surface area contributed by atoms with Crippen LogP contribution in [0.25, 0.3) is 122 Å². The summed E-state index contributed by atoms with van der Waals surface area (Å²) in [6.07, 6.45) is 0. The van der Waals surface area contributed by atoms with E-state index < -0.39 is 0 Å². The van der Waals surface area contributed by atoms with Crippen molar-refractivity contribution in [2.45, 2.75) is 41.5 Å². The van der Waals surface area contributed by atoms with E-state index in [1.165, 1.54) is 32.7 Å². The maximum atomic E-state index is 12.0. The summed E-state index contributed by atoms with van der Waals surface area (Å²) in [5.74, 6) is 0.407. The highest BCUT2D eigenvalue weighted by Crippen LogP contribution is 2.55. The Balaban J connectivity index is 1.17. The van der Waals surface area contributed by atoms with E-state index in [1.54, 1.807) is 0 Å². The second-order valence-electron chi connectivity index (χ2n) is 19.7. The lowest BCUT2D eigenvalue weighted by atomic mass is 9.75. The van der Waals surface area contributed by atoms with E-state index in [0.717, 1.165) is 106 Å². The number of benzene rings is 10. The molecule has 13 aromatic rings. The van der Waals surface area contributed by atoms with Crippen LogP contribution in [0.3, 0.4) is 0 Å². The number of hydrogen-bond donors (Lipinski definition) is 0. The van der Waals surface area contributed by atoms with Crippen LogP contribution < -0.4 is 0 Å². The molecule has 5 nitrogen and oxygen atoms in total. The van der Waals surface area contributed by atoms with Crippen LogP contribution in [0.5, 0.6) is 0 Å². The molecule has 0 amide bonds. The number of oxazole rings is 1. The fourth-order valence-electron chi connectivity index (χ4n) is 11.8. The van der Waals surface area contributed by atoms with Crippen LogP contribution in [0.1, 0.15) is 38.9 Å². The van der Waals surface area contributed by atoms with Gasteiger partial charge in [-0.2, -0.15) is 5.26 Å². The molecule has 0 bridgehead atoms. The van der Waals surface area contributed by atoms with Crippen LogP contribution >= 0.6 is 0 Å². The molecule has 10 aromatic carbocycles. The number of aryl methyl sites for hydroxylation is 6. The number of para-hydroxylation sites is 4. The van der Waals surface area contributed by atoms with Gasteiger partial charge in [-0.1, -0.05) is 132 Å². The van der Waals surface area contributed by atoms with Gasteiger partial charge in [-0.25, -0.2) is 4.98 Å². The fraction of sp³-hybridized carbons (Fsp3) is 0.0882. The highest BCUT2D eigenvalue weighted by atomic mass is 16.3. The first-order valence-corrected chi connectivity index (χ1v) is 25.0. The average Bonchev–Trinajstić information content (AvgIpc) is 4.09. The number of hydrogen-bond acceptors (Lipinski definition) is 3. The molecule has 0 aliphatic carbocycles. The predicted molar refractivity (Wildman–Crippen MR) is 303 cm³/mol. The zero-order valence-electron chi connectivity index (χ0n) is 41.7. The van der Waals surface area contributed by atoms with E-state index in [2.05, 4.69) is 227 Å². The maximum Gasteiger partial charge on any atom is 0.229 e. The van der Waals surface area contributed by atoms with Gasteiger partial charge >= 0.3 is 0 Å².